The van der Waals surface area contributed by atoms with Gasteiger partial charge in [-0.15, -0.1) is 0 Å². The van der Waals surface area contributed by atoms with Crippen LogP contribution in [0.5, 0.6) is 5.75 Å². The Morgan fingerprint density at radius 3 is 2.07 bits per heavy atom. The van der Waals surface area contributed by atoms with E-state index in [1.807, 2.05) is 6.07 Å². The first kappa shape index (κ1) is 20.7. The largest absolute Gasteiger partial charge is 0.499 e. The Bertz CT molecular complexity index is 835. The third-order valence-corrected chi connectivity index (χ3v) is 5.14. The zero-order valence-corrected chi connectivity index (χ0v) is 16.1. The Morgan fingerprint density at radius 1 is 0.964 bits per heavy atom. The van der Waals surface area contributed by atoms with E-state index < -0.39 is 35.9 Å². The zero-order valence-electron chi connectivity index (χ0n) is 16.1. The van der Waals surface area contributed by atoms with Crippen molar-refractivity contribution in [3.05, 3.63) is 59.4 Å². The van der Waals surface area contributed by atoms with Crippen molar-refractivity contribution in [1.82, 2.24) is 0 Å². The van der Waals surface area contributed by atoms with E-state index in [2.05, 4.69) is 0 Å². The normalized spacial score (nSPS) is 18.4. The van der Waals surface area contributed by atoms with Gasteiger partial charge >= 0.3 is 13.3 Å². The maximum Gasteiger partial charge on any atom is 0.499 e. The summed E-state index contributed by atoms with van der Waals surface area (Å²) < 4.78 is 72.2. The minimum Gasteiger partial charge on any atom is -0.489 e. The van der Waals surface area contributed by atoms with Gasteiger partial charge in [0.2, 0.25) is 0 Å². The van der Waals surface area contributed by atoms with Crippen LogP contribution in [0.1, 0.15) is 38.8 Å². The van der Waals surface area contributed by atoms with Crippen molar-refractivity contribution in [2.45, 2.75) is 51.7 Å². The van der Waals surface area contributed by atoms with Crippen molar-refractivity contribution in [1.29, 1.82) is 0 Å². The first-order valence-corrected chi connectivity index (χ1v) is 8.84. The van der Waals surface area contributed by atoms with E-state index in [1.54, 1.807) is 52.0 Å². The van der Waals surface area contributed by atoms with Crippen molar-refractivity contribution >= 4 is 12.6 Å². The molecular weight excluding hydrogens is 375 g/mol. The van der Waals surface area contributed by atoms with Gasteiger partial charge < -0.3 is 14.0 Å². The Hall–Kier alpha value is -2.06. The Balaban J connectivity index is 2.05. The quantitative estimate of drug-likeness (QED) is 0.553. The summed E-state index contributed by atoms with van der Waals surface area (Å²) in [5, 5.41) is 0. The summed E-state index contributed by atoms with van der Waals surface area (Å²) in [5.41, 5.74) is -2.50. The highest BCUT2D eigenvalue weighted by molar-refractivity contribution is 6.63. The summed E-state index contributed by atoms with van der Waals surface area (Å²) in [7, 11) is -1.34. The van der Waals surface area contributed by atoms with Crippen LogP contribution in [0.25, 0.3) is 0 Å². The Labute approximate surface area is 161 Å². The van der Waals surface area contributed by atoms with E-state index >= 15 is 0 Å². The van der Waals surface area contributed by atoms with Crippen molar-refractivity contribution < 1.29 is 31.6 Å². The molecular formula is C20H21BF4O3. The van der Waals surface area contributed by atoms with Crippen molar-refractivity contribution in [3.63, 3.8) is 0 Å². The molecule has 2 aromatic rings. The topological polar surface area (TPSA) is 27.7 Å². The van der Waals surface area contributed by atoms with E-state index in [0.29, 0.717) is 6.07 Å². The van der Waals surface area contributed by atoms with Gasteiger partial charge in [-0.3, -0.25) is 0 Å². The minimum atomic E-state index is -4.80. The predicted molar refractivity (Wildman–Crippen MR) is 97.9 cm³/mol. The Morgan fingerprint density at radius 2 is 1.54 bits per heavy atom. The van der Waals surface area contributed by atoms with Crippen LogP contribution < -0.4 is 10.2 Å². The van der Waals surface area contributed by atoms with Gasteiger partial charge in [0.05, 0.1) is 16.8 Å². The Kier molecular flexibility index (Phi) is 5.23. The predicted octanol–water partition coefficient (Wildman–Crippen LogP) is 4.72. The number of alkyl halides is 3. The van der Waals surface area contributed by atoms with Gasteiger partial charge in [-0.2, -0.15) is 13.2 Å². The lowest BCUT2D eigenvalue weighted by Crippen LogP contribution is -2.41. The van der Waals surface area contributed by atoms with Crippen LogP contribution in [-0.4, -0.2) is 18.3 Å². The van der Waals surface area contributed by atoms with Crippen molar-refractivity contribution in [3.8, 4) is 5.75 Å². The first-order valence-electron chi connectivity index (χ1n) is 8.84. The third-order valence-electron chi connectivity index (χ3n) is 5.14. The molecule has 0 unspecified atom stereocenters. The van der Waals surface area contributed by atoms with Crippen LogP contribution in [0.15, 0.2) is 42.5 Å². The summed E-state index contributed by atoms with van der Waals surface area (Å²) in [5.74, 6) is -1.30. The average molecular weight is 396 g/mol. The summed E-state index contributed by atoms with van der Waals surface area (Å²) in [4.78, 5) is 0. The molecule has 1 heterocycles. The molecule has 1 saturated heterocycles. The van der Waals surface area contributed by atoms with E-state index in [1.165, 1.54) is 0 Å². The lowest BCUT2D eigenvalue weighted by molar-refractivity contribution is -0.137. The number of rotatable bonds is 4. The van der Waals surface area contributed by atoms with Gasteiger partial charge in [0.15, 0.2) is 0 Å². The molecule has 1 fully saturated rings. The molecule has 0 saturated carbocycles. The molecule has 0 N–H and O–H groups in total. The summed E-state index contributed by atoms with van der Waals surface area (Å²) in [6, 6.07) is 10.3. The summed E-state index contributed by atoms with van der Waals surface area (Å²) in [6.07, 6.45) is -4.80. The highest BCUT2D eigenvalue weighted by Crippen LogP contribution is 2.39. The third kappa shape index (κ3) is 4.03. The van der Waals surface area contributed by atoms with Crippen LogP contribution in [0.2, 0.25) is 0 Å². The molecule has 3 nitrogen and oxygen atoms in total. The van der Waals surface area contributed by atoms with Crippen LogP contribution in [-0.2, 0) is 22.1 Å². The fourth-order valence-corrected chi connectivity index (χ4v) is 2.89. The molecule has 0 aliphatic carbocycles. The van der Waals surface area contributed by atoms with Gasteiger partial charge in [0, 0.05) is 11.5 Å². The monoisotopic (exact) mass is 396 g/mol. The average Bonchev–Trinajstić information content (AvgIpc) is 2.80. The van der Waals surface area contributed by atoms with E-state index in [-0.39, 0.29) is 17.8 Å². The molecule has 1 aliphatic rings. The highest BCUT2D eigenvalue weighted by atomic mass is 19.4. The lowest BCUT2D eigenvalue weighted by atomic mass is 9.74. The van der Waals surface area contributed by atoms with Gasteiger partial charge in [-0.25, -0.2) is 4.39 Å². The van der Waals surface area contributed by atoms with Crippen molar-refractivity contribution in [2.24, 2.45) is 0 Å². The highest BCUT2D eigenvalue weighted by Gasteiger charge is 2.55. The van der Waals surface area contributed by atoms with Gasteiger partial charge in [0.1, 0.15) is 18.2 Å². The van der Waals surface area contributed by atoms with E-state index in [4.69, 9.17) is 14.0 Å². The maximum atomic E-state index is 14.0. The van der Waals surface area contributed by atoms with Crippen LogP contribution in [0, 0.1) is 5.82 Å². The van der Waals surface area contributed by atoms with Crippen LogP contribution in [0.3, 0.4) is 0 Å². The molecule has 150 valence electrons. The summed E-state index contributed by atoms with van der Waals surface area (Å²) >= 11 is 0. The number of hydrogen-bond acceptors (Lipinski definition) is 3. The minimum absolute atomic E-state index is 0.0197. The molecule has 0 atom stereocenters. The lowest BCUT2D eigenvalue weighted by Gasteiger charge is -2.32. The molecule has 2 aromatic carbocycles. The first-order chi connectivity index (χ1) is 12.9. The molecule has 1 aliphatic heterocycles. The maximum absolute atomic E-state index is 14.0. The SMILES string of the molecule is CC1(C)OB(c2c(OCc3ccccc3)cc(F)cc2C(F)(F)F)OC1(C)C. The smallest absolute Gasteiger partial charge is 0.489 e. The molecule has 0 bridgehead atoms. The molecule has 8 heteroatoms. The second-order valence-electron chi connectivity index (χ2n) is 7.73. The number of hydrogen-bond donors (Lipinski definition) is 0. The van der Waals surface area contributed by atoms with E-state index in [9.17, 15) is 17.6 Å². The number of benzene rings is 2. The fraction of sp³-hybridized carbons (Fsp3) is 0.400. The van der Waals surface area contributed by atoms with Crippen molar-refractivity contribution in [2.75, 3.05) is 0 Å². The van der Waals surface area contributed by atoms with Crippen LogP contribution in [0.4, 0.5) is 17.6 Å². The number of ether oxygens (including phenoxy) is 1. The van der Waals surface area contributed by atoms with E-state index in [0.717, 1.165) is 11.6 Å². The standard InChI is InChI=1S/C20H21BF4O3/c1-18(2)19(3,4)28-21(27-18)17-15(20(23,24)25)10-14(22)11-16(17)26-12-13-8-6-5-7-9-13/h5-11H,12H2,1-4H3. The molecule has 3 rings (SSSR count). The zero-order chi connectivity index (χ0) is 20.7. The van der Waals surface area contributed by atoms with Gasteiger partial charge in [0.25, 0.3) is 0 Å². The summed E-state index contributed by atoms with van der Waals surface area (Å²) in [6.45, 7) is 6.90. The fourth-order valence-electron chi connectivity index (χ4n) is 2.89. The molecule has 0 amide bonds. The van der Waals surface area contributed by atoms with Gasteiger partial charge in [-0.05, 0) is 39.3 Å². The number of halogens is 4. The van der Waals surface area contributed by atoms with Crippen LogP contribution >= 0.6 is 0 Å². The molecule has 0 radical (unpaired) electrons. The molecule has 0 aromatic heterocycles. The second-order valence-corrected chi connectivity index (χ2v) is 7.73. The molecule has 0 spiro atoms. The molecule has 28 heavy (non-hydrogen) atoms. The second kappa shape index (κ2) is 7.08. The van der Waals surface area contributed by atoms with Gasteiger partial charge in [-0.1, -0.05) is 30.3 Å².